The number of methoxy groups -OCH3 is 1. The number of rotatable bonds is 4. The lowest BCUT2D eigenvalue weighted by Crippen LogP contribution is -2.44. The van der Waals surface area contributed by atoms with Crippen LogP contribution in [0.4, 0.5) is 5.69 Å². The maximum Gasteiger partial charge on any atom is 0.0893 e. The molecule has 1 aliphatic heterocycles. The van der Waals surface area contributed by atoms with Crippen LogP contribution in [0.2, 0.25) is 0 Å². The first-order valence-electron chi connectivity index (χ1n) is 5.71. The van der Waals surface area contributed by atoms with Crippen LogP contribution in [-0.4, -0.2) is 37.5 Å². The second-order valence-corrected chi connectivity index (χ2v) is 5.16. The minimum absolute atomic E-state index is 0.111. The molecule has 0 aliphatic carbocycles. The molecule has 1 aromatic heterocycles. The lowest BCUT2D eigenvalue weighted by atomic mass is 9.94. The standard InChI is InChI=1S/C12H17BrN2O2/c1-16-12(2-4-17-5-3-12)9-15-11-6-10(13)7-14-8-11/h6-8,15H,2-5,9H2,1H3. The number of pyridine rings is 1. The van der Waals surface area contributed by atoms with Crippen molar-refractivity contribution in [3.05, 3.63) is 22.9 Å². The highest BCUT2D eigenvalue weighted by molar-refractivity contribution is 9.10. The fourth-order valence-corrected chi connectivity index (χ4v) is 2.33. The monoisotopic (exact) mass is 300 g/mol. The molecule has 0 saturated carbocycles. The Morgan fingerprint density at radius 1 is 1.47 bits per heavy atom. The Bertz CT molecular complexity index is 367. The Morgan fingerprint density at radius 3 is 2.88 bits per heavy atom. The Labute approximate surface area is 110 Å². The van der Waals surface area contributed by atoms with E-state index in [-0.39, 0.29) is 5.60 Å². The maximum absolute atomic E-state index is 5.66. The highest BCUT2D eigenvalue weighted by Crippen LogP contribution is 2.25. The predicted molar refractivity (Wildman–Crippen MR) is 70.2 cm³/mol. The third kappa shape index (κ3) is 3.40. The summed E-state index contributed by atoms with van der Waals surface area (Å²) in [4.78, 5) is 4.12. The van der Waals surface area contributed by atoms with Gasteiger partial charge in [-0.3, -0.25) is 4.98 Å². The molecular weight excluding hydrogens is 284 g/mol. The van der Waals surface area contributed by atoms with Crippen LogP contribution in [-0.2, 0) is 9.47 Å². The molecule has 0 atom stereocenters. The van der Waals surface area contributed by atoms with E-state index in [1.165, 1.54) is 0 Å². The van der Waals surface area contributed by atoms with E-state index in [9.17, 15) is 0 Å². The molecule has 5 heteroatoms. The Balaban J connectivity index is 1.95. The zero-order chi connectivity index (χ0) is 12.1. The molecule has 17 heavy (non-hydrogen) atoms. The second-order valence-electron chi connectivity index (χ2n) is 4.24. The Morgan fingerprint density at radius 2 is 2.24 bits per heavy atom. The van der Waals surface area contributed by atoms with Crippen molar-refractivity contribution in [3.63, 3.8) is 0 Å². The molecule has 1 aliphatic rings. The molecule has 4 nitrogen and oxygen atoms in total. The first-order valence-corrected chi connectivity index (χ1v) is 6.51. The number of ether oxygens (including phenoxy) is 2. The van der Waals surface area contributed by atoms with E-state index >= 15 is 0 Å². The summed E-state index contributed by atoms with van der Waals surface area (Å²) in [5.41, 5.74) is 0.892. The zero-order valence-electron chi connectivity index (χ0n) is 9.91. The quantitative estimate of drug-likeness (QED) is 0.927. The fourth-order valence-electron chi connectivity index (χ4n) is 1.97. The summed E-state index contributed by atoms with van der Waals surface area (Å²) >= 11 is 3.40. The first-order chi connectivity index (χ1) is 8.24. The van der Waals surface area contributed by atoms with E-state index in [0.29, 0.717) is 0 Å². The van der Waals surface area contributed by atoms with Crippen LogP contribution in [0, 0.1) is 0 Å². The van der Waals surface area contributed by atoms with Crippen molar-refractivity contribution in [2.75, 3.05) is 32.2 Å². The van der Waals surface area contributed by atoms with Gasteiger partial charge in [-0.1, -0.05) is 0 Å². The van der Waals surface area contributed by atoms with Gasteiger partial charge in [-0.15, -0.1) is 0 Å². The fraction of sp³-hybridized carbons (Fsp3) is 0.583. The van der Waals surface area contributed by atoms with Crippen LogP contribution >= 0.6 is 15.9 Å². The molecule has 1 saturated heterocycles. The normalized spacial score (nSPS) is 18.9. The summed E-state index contributed by atoms with van der Waals surface area (Å²) in [6, 6.07) is 2.01. The van der Waals surface area contributed by atoms with Crippen LogP contribution in [0.25, 0.3) is 0 Å². The number of hydrogen-bond donors (Lipinski definition) is 1. The van der Waals surface area contributed by atoms with Crippen LogP contribution < -0.4 is 5.32 Å². The number of anilines is 1. The van der Waals surface area contributed by atoms with Gasteiger partial charge in [0.25, 0.3) is 0 Å². The van der Waals surface area contributed by atoms with Crippen molar-refractivity contribution in [2.45, 2.75) is 18.4 Å². The second kappa shape index (κ2) is 5.80. The van der Waals surface area contributed by atoms with Crippen LogP contribution in [0.15, 0.2) is 22.9 Å². The van der Waals surface area contributed by atoms with Crippen LogP contribution in [0.3, 0.4) is 0 Å². The van der Waals surface area contributed by atoms with Crippen molar-refractivity contribution in [1.82, 2.24) is 4.98 Å². The summed E-state index contributed by atoms with van der Waals surface area (Å²) in [6.07, 6.45) is 5.44. The van der Waals surface area contributed by atoms with Gasteiger partial charge in [0, 0.05) is 50.4 Å². The van der Waals surface area contributed by atoms with Gasteiger partial charge in [-0.25, -0.2) is 0 Å². The van der Waals surface area contributed by atoms with Gasteiger partial charge in [0.15, 0.2) is 0 Å². The molecule has 0 radical (unpaired) electrons. The van der Waals surface area contributed by atoms with Crippen molar-refractivity contribution in [2.24, 2.45) is 0 Å². The smallest absolute Gasteiger partial charge is 0.0893 e. The number of nitrogens with zero attached hydrogens (tertiary/aromatic N) is 1. The van der Waals surface area contributed by atoms with Crippen LogP contribution in [0.5, 0.6) is 0 Å². The molecule has 0 bridgehead atoms. The number of nitrogens with one attached hydrogen (secondary N) is 1. The van der Waals surface area contributed by atoms with Crippen molar-refractivity contribution in [1.29, 1.82) is 0 Å². The highest BCUT2D eigenvalue weighted by atomic mass is 79.9. The summed E-state index contributed by atoms with van der Waals surface area (Å²) in [7, 11) is 1.77. The van der Waals surface area contributed by atoms with Crippen molar-refractivity contribution >= 4 is 21.6 Å². The van der Waals surface area contributed by atoms with E-state index < -0.39 is 0 Å². The molecule has 1 aromatic rings. The average Bonchev–Trinajstić information content (AvgIpc) is 2.38. The van der Waals surface area contributed by atoms with Gasteiger partial charge in [0.2, 0.25) is 0 Å². The SMILES string of the molecule is COC1(CNc2cncc(Br)c2)CCOCC1. The third-order valence-electron chi connectivity index (χ3n) is 3.16. The van der Waals surface area contributed by atoms with Gasteiger partial charge in [-0.05, 0) is 22.0 Å². The summed E-state index contributed by atoms with van der Waals surface area (Å²) in [5, 5.41) is 3.37. The van der Waals surface area contributed by atoms with E-state index in [1.54, 1.807) is 13.3 Å². The maximum atomic E-state index is 5.66. The van der Waals surface area contributed by atoms with Gasteiger partial charge < -0.3 is 14.8 Å². The zero-order valence-corrected chi connectivity index (χ0v) is 11.5. The van der Waals surface area contributed by atoms with Gasteiger partial charge in [-0.2, -0.15) is 0 Å². The first kappa shape index (κ1) is 12.8. The molecule has 0 spiro atoms. The third-order valence-corrected chi connectivity index (χ3v) is 3.59. The highest BCUT2D eigenvalue weighted by Gasteiger charge is 2.32. The number of aromatic nitrogens is 1. The molecule has 94 valence electrons. The number of halogens is 1. The number of hydrogen-bond acceptors (Lipinski definition) is 4. The molecule has 2 rings (SSSR count). The van der Waals surface area contributed by atoms with Crippen molar-refractivity contribution < 1.29 is 9.47 Å². The molecule has 1 N–H and O–H groups in total. The Kier molecular flexibility index (Phi) is 4.36. The summed E-state index contributed by atoms with van der Waals surface area (Å²) in [6.45, 7) is 2.32. The minimum atomic E-state index is -0.111. The van der Waals surface area contributed by atoms with Crippen LogP contribution in [0.1, 0.15) is 12.8 Å². The topological polar surface area (TPSA) is 43.4 Å². The molecular formula is C12H17BrN2O2. The van der Waals surface area contributed by atoms with Gasteiger partial charge >= 0.3 is 0 Å². The largest absolute Gasteiger partial charge is 0.381 e. The lowest BCUT2D eigenvalue weighted by Gasteiger charge is -2.36. The van der Waals surface area contributed by atoms with Gasteiger partial charge in [0.05, 0.1) is 17.5 Å². The summed E-state index contributed by atoms with van der Waals surface area (Å²) in [5.74, 6) is 0. The minimum Gasteiger partial charge on any atom is -0.381 e. The van der Waals surface area contributed by atoms with E-state index in [2.05, 4.69) is 26.2 Å². The Hall–Kier alpha value is -0.650. The molecule has 2 heterocycles. The molecule has 0 aromatic carbocycles. The summed E-state index contributed by atoms with van der Waals surface area (Å²) < 4.78 is 12.0. The van der Waals surface area contributed by atoms with E-state index in [0.717, 1.165) is 42.8 Å². The van der Waals surface area contributed by atoms with E-state index in [1.807, 2.05) is 12.3 Å². The van der Waals surface area contributed by atoms with Crippen molar-refractivity contribution in [3.8, 4) is 0 Å². The lowest BCUT2D eigenvalue weighted by molar-refractivity contribution is -0.0807. The van der Waals surface area contributed by atoms with Gasteiger partial charge in [0.1, 0.15) is 0 Å². The van der Waals surface area contributed by atoms with E-state index in [4.69, 9.17) is 9.47 Å². The molecule has 1 fully saturated rings. The average molecular weight is 301 g/mol. The molecule has 0 amide bonds. The molecule has 0 unspecified atom stereocenters. The predicted octanol–water partition coefficient (Wildman–Crippen LogP) is 2.45.